The van der Waals surface area contributed by atoms with Gasteiger partial charge in [-0.15, -0.1) is 0 Å². The molecule has 1 fully saturated rings. The number of ether oxygens (including phenoxy) is 2. The van der Waals surface area contributed by atoms with E-state index in [0.29, 0.717) is 39.8 Å². The van der Waals surface area contributed by atoms with Gasteiger partial charge in [-0.1, -0.05) is 58.4 Å². The Bertz CT molecular complexity index is 1770. The second-order valence-corrected chi connectivity index (χ2v) is 14.6. The first-order valence-corrected chi connectivity index (χ1v) is 17.7. The van der Waals surface area contributed by atoms with Gasteiger partial charge in [-0.25, -0.2) is 21.6 Å². The van der Waals surface area contributed by atoms with E-state index in [1.807, 2.05) is 4.72 Å². The maximum absolute atomic E-state index is 13.3. The molecule has 1 heterocycles. The highest BCUT2D eigenvalue weighted by molar-refractivity contribution is 9.10. The van der Waals surface area contributed by atoms with Gasteiger partial charge in [0, 0.05) is 11.0 Å². The first kappa shape index (κ1) is 34.1. The number of rotatable bonds is 14. The predicted molar refractivity (Wildman–Crippen MR) is 168 cm³/mol. The third-order valence-corrected chi connectivity index (χ3v) is 10.8. The molecular formula is C30H32BrN3O9S2. The number of halogens is 1. The summed E-state index contributed by atoms with van der Waals surface area (Å²) in [4.78, 5) is 36.9. The van der Waals surface area contributed by atoms with Crippen LogP contribution in [0.4, 0.5) is 0 Å². The highest BCUT2D eigenvalue weighted by Crippen LogP contribution is 2.35. The van der Waals surface area contributed by atoms with E-state index in [2.05, 4.69) is 26.0 Å². The molecule has 3 aromatic rings. The first-order chi connectivity index (χ1) is 21.4. The van der Waals surface area contributed by atoms with Crippen molar-refractivity contribution < 1.29 is 40.7 Å². The average Bonchev–Trinajstić information content (AvgIpc) is 3.29. The highest BCUT2D eigenvalue weighted by atomic mass is 79.9. The molecule has 3 aromatic carbocycles. The van der Waals surface area contributed by atoms with Crippen LogP contribution in [0.15, 0.2) is 82.2 Å². The summed E-state index contributed by atoms with van der Waals surface area (Å²) in [5, 5.41) is 1.70. The average molecular weight is 723 g/mol. The molecule has 0 radical (unpaired) electrons. The summed E-state index contributed by atoms with van der Waals surface area (Å²) in [5.41, 5.74) is 1.23. The van der Waals surface area contributed by atoms with Gasteiger partial charge in [0.05, 0.1) is 25.0 Å². The standard InChI is InChI=1S/C30H32BrN3O9S2/c1-42-30(37)23-11-5-6-12-26(23)43-16-8-7-15-32-29(36)25(33-44(38,39)21-9-3-2-4-10-21)18-20-13-14-22(24(31)17-20)27-19-28(35)34-45(27,40)41/h2-6,9-14,17,25,27,33H,7-8,15-16,18-19H2,1H3,(H,32,36)(H,34,35). The minimum Gasteiger partial charge on any atom is -0.493 e. The van der Waals surface area contributed by atoms with E-state index in [1.165, 1.54) is 19.2 Å². The van der Waals surface area contributed by atoms with Crippen molar-refractivity contribution in [2.45, 2.75) is 41.9 Å². The van der Waals surface area contributed by atoms with Gasteiger partial charge in [-0.05, 0) is 60.7 Å². The number of hydrogen-bond donors (Lipinski definition) is 3. The monoisotopic (exact) mass is 721 g/mol. The van der Waals surface area contributed by atoms with Gasteiger partial charge >= 0.3 is 5.97 Å². The summed E-state index contributed by atoms with van der Waals surface area (Å²) in [6.45, 7) is 0.500. The molecular weight excluding hydrogens is 690 g/mol. The quantitative estimate of drug-likeness (QED) is 0.167. The maximum atomic E-state index is 13.3. The number of methoxy groups -OCH3 is 1. The van der Waals surface area contributed by atoms with Crippen LogP contribution in [0.25, 0.3) is 0 Å². The molecule has 4 rings (SSSR count). The molecule has 1 aliphatic heterocycles. The molecule has 2 unspecified atom stereocenters. The number of para-hydroxylation sites is 1. The van der Waals surface area contributed by atoms with Crippen molar-refractivity contribution in [1.82, 2.24) is 14.8 Å². The molecule has 0 aliphatic carbocycles. The normalized spacial score (nSPS) is 16.4. The van der Waals surface area contributed by atoms with Crippen molar-refractivity contribution in [1.29, 1.82) is 0 Å². The first-order valence-electron chi connectivity index (χ1n) is 13.9. The topological polar surface area (TPSA) is 174 Å². The molecule has 0 aromatic heterocycles. The van der Waals surface area contributed by atoms with Crippen molar-refractivity contribution in [3.8, 4) is 5.75 Å². The number of nitrogens with one attached hydrogen (secondary N) is 3. The Morgan fingerprint density at radius 2 is 1.76 bits per heavy atom. The Hall–Kier alpha value is -3.79. The van der Waals surface area contributed by atoms with Crippen molar-refractivity contribution in [2.75, 3.05) is 20.3 Å². The Morgan fingerprint density at radius 3 is 2.42 bits per heavy atom. The van der Waals surface area contributed by atoms with Crippen molar-refractivity contribution in [3.05, 3.63) is 94.0 Å². The van der Waals surface area contributed by atoms with Crippen LogP contribution in [-0.2, 0) is 40.8 Å². The number of benzene rings is 3. The Morgan fingerprint density at radius 1 is 1.04 bits per heavy atom. The SMILES string of the molecule is COC(=O)c1ccccc1OCCCCNC(=O)C(Cc1ccc(C2CC(=O)NS2(=O)=O)c(Br)c1)NS(=O)(=O)c1ccccc1. The van der Waals surface area contributed by atoms with Crippen LogP contribution in [0.5, 0.6) is 5.75 Å². The van der Waals surface area contributed by atoms with E-state index >= 15 is 0 Å². The molecule has 45 heavy (non-hydrogen) atoms. The van der Waals surface area contributed by atoms with Crippen LogP contribution in [0.1, 0.15) is 46.0 Å². The minimum absolute atomic E-state index is 0.00711. The second kappa shape index (κ2) is 15.0. The van der Waals surface area contributed by atoms with Crippen LogP contribution < -0.4 is 19.5 Å². The van der Waals surface area contributed by atoms with Crippen molar-refractivity contribution in [2.24, 2.45) is 0 Å². The summed E-state index contributed by atoms with van der Waals surface area (Å²) in [6.07, 6.45) is 0.781. The minimum atomic E-state index is -4.07. The zero-order chi connectivity index (χ0) is 32.6. The predicted octanol–water partition coefficient (Wildman–Crippen LogP) is 2.99. The third kappa shape index (κ3) is 8.90. The zero-order valence-electron chi connectivity index (χ0n) is 24.2. The van der Waals surface area contributed by atoms with Gasteiger partial charge < -0.3 is 14.8 Å². The Kier molecular flexibility index (Phi) is 11.4. The van der Waals surface area contributed by atoms with Crippen LogP contribution in [0.3, 0.4) is 0 Å². The molecule has 15 heteroatoms. The van der Waals surface area contributed by atoms with E-state index < -0.39 is 49.1 Å². The van der Waals surface area contributed by atoms with E-state index in [9.17, 15) is 31.2 Å². The van der Waals surface area contributed by atoms with E-state index in [1.54, 1.807) is 60.7 Å². The van der Waals surface area contributed by atoms with Crippen LogP contribution in [0, 0.1) is 0 Å². The van der Waals surface area contributed by atoms with Crippen LogP contribution >= 0.6 is 15.9 Å². The van der Waals surface area contributed by atoms with E-state index in [-0.39, 0.29) is 30.9 Å². The van der Waals surface area contributed by atoms with Gasteiger partial charge in [-0.3, -0.25) is 14.3 Å². The Balaban J connectivity index is 1.41. The second-order valence-electron chi connectivity index (χ2n) is 10.1. The van der Waals surface area contributed by atoms with Gasteiger partial charge in [0.2, 0.25) is 31.9 Å². The summed E-state index contributed by atoms with van der Waals surface area (Å²) >= 11 is 3.37. The smallest absolute Gasteiger partial charge is 0.341 e. The van der Waals surface area contributed by atoms with E-state index in [0.717, 1.165) is 0 Å². The number of amides is 2. The molecule has 240 valence electrons. The summed E-state index contributed by atoms with van der Waals surface area (Å²) < 4.78 is 66.3. The van der Waals surface area contributed by atoms with Crippen molar-refractivity contribution in [3.63, 3.8) is 0 Å². The fourth-order valence-electron chi connectivity index (χ4n) is 4.68. The van der Waals surface area contributed by atoms with Gasteiger partial charge in [0.15, 0.2) is 0 Å². The lowest BCUT2D eigenvalue weighted by Gasteiger charge is -2.20. The van der Waals surface area contributed by atoms with Gasteiger partial charge in [0.1, 0.15) is 22.6 Å². The highest BCUT2D eigenvalue weighted by Gasteiger charge is 2.39. The van der Waals surface area contributed by atoms with Gasteiger partial charge in [-0.2, -0.15) is 4.72 Å². The molecule has 0 bridgehead atoms. The number of esters is 1. The van der Waals surface area contributed by atoms with Crippen LogP contribution in [-0.4, -0.2) is 60.9 Å². The Labute approximate surface area is 270 Å². The lowest BCUT2D eigenvalue weighted by Crippen LogP contribution is -2.48. The van der Waals surface area contributed by atoms with E-state index in [4.69, 9.17) is 9.47 Å². The molecule has 1 saturated heterocycles. The number of hydrogen-bond acceptors (Lipinski definition) is 9. The fourth-order valence-corrected chi connectivity index (χ4v) is 8.20. The summed E-state index contributed by atoms with van der Waals surface area (Å²) in [7, 11) is -6.65. The largest absolute Gasteiger partial charge is 0.493 e. The fraction of sp³-hybridized carbons (Fsp3) is 0.300. The summed E-state index contributed by atoms with van der Waals surface area (Å²) in [5.74, 6) is -1.28. The number of sulfonamides is 2. The number of unbranched alkanes of at least 4 members (excludes halogenated alkanes) is 1. The lowest BCUT2D eigenvalue weighted by molar-refractivity contribution is -0.122. The van der Waals surface area contributed by atoms with Crippen molar-refractivity contribution >= 4 is 53.8 Å². The number of carbonyl (C=O) groups is 3. The third-order valence-electron chi connectivity index (χ3n) is 6.94. The molecule has 0 spiro atoms. The van der Waals surface area contributed by atoms with Crippen LogP contribution in [0.2, 0.25) is 0 Å². The molecule has 3 N–H and O–H groups in total. The molecule has 2 atom stereocenters. The lowest BCUT2D eigenvalue weighted by atomic mass is 10.0. The molecule has 2 amide bonds. The van der Waals surface area contributed by atoms with Gasteiger partial charge in [0.25, 0.3) is 0 Å². The summed E-state index contributed by atoms with van der Waals surface area (Å²) in [6, 6.07) is 17.9. The maximum Gasteiger partial charge on any atom is 0.341 e. The molecule has 0 saturated carbocycles. The molecule has 1 aliphatic rings. The molecule has 12 nitrogen and oxygen atoms in total. The zero-order valence-corrected chi connectivity index (χ0v) is 27.4. The number of carbonyl (C=O) groups excluding carboxylic acids is 3.